The van der Waals surface area contributed by atoms with Crippen molar-refractivity contribution in [2.24, 2.45) is 0 Å². The van der Waals surface area contributed by atoms with Crippen LogP contribution in [0.5, 0.6) is 0 Å². The van der Waals surface area contributed by atoms with E-state index in [-0.39, 0.29) is 0 Å². The Hall–Kier alpha value is -2.14. The molecule has 0 aliphatic heterocycles. The first kappa shape index (κ1) is 12.9. The first-order valence-electron chi connectivity index (χ1n) is 6.24. The highest BCUT2D eigenvalue weighted by Gasteiger charge is 1.98. The van der Waals surface area contributed by atoms with E-state index in [9.17, 15) is 0 Å². The third kappa shape index (κ3) is 3.05. The molecule has 1 N–H and O–H groups in total. The molecule has 4 nitrogen and oxygen atoms in total. The highest BCUT2D eigenvalue weighted by Crippen LogP contribution is 2.13. The smallest absolute Gasteiger partial charge is 0.106 e. The minimum Gasteiger partial charge on any atom is -0.380 e. The number of aromatic nitrogens is 3. The van der Waals surface area contributed by atoms with E-state index in [1.165, 1.54) is 5.56 Å². The molecule has 0 fully saturated rings. The molecule has 3 rings (SSSR count). The van der Waals surface area contributed by atoms with Gasteiger partial charge in [-0.15, -0.1) is 0 Å². The van der Waals surface area contributed by atoms with Crippen molar-refractivity contribution in [3.63, 3.8) is 0 Å². The summed E-state index contributed by atoms with van der Waals surface area (Å²) >= 11 is 3.32. The summed E-state index contributed by atoms with van der Waals surface area (Å²) in [6.45, 7) is 0.771. The topological polar surface area (TPSA) is 42.7 Å². The van der Waals surface area contributed by atoms with Gasteiger partial charge in [0.15, 0.2) is 0 Å². The summed E-state index contributed by atoms with van der Waals surface area (Å²) in [5.74, 6) is 0. The molecular formula is C15H13BrN4. The van der Waals surface area contributed by atoms with Gasteiger partial charge in [-0.1, -0.05) is 12.1 Å². The van der Waals surface area contributed by atoms with Crippen LogP contribution in [0.1, 0.15) is 5.56 Å². The zero-order chi connectivity index (χ0) is 13.8. The summed E-state index contributed by atoms with van der Waals surface area (Å²) in [6, 6.07) is 12.3. The Morgan fingerprint density at radius 1 is 1.10 bits per heavy atom. The first-order chi connectivity index (χ1) is 9.81. The van der Waals surface area contributed by atoms with Crippen LogP contribution >= 0.6 is 15.9 Å². The van der Waals surface area contributed by atoms with E-state index in [1.807, 2.05) is 29.1 Å². The molecule has 0 spiro atoms. The lowest BCUT2D eigenvalue weighted by Crippen LogP contribution is -2.00. The number of nitrogens with one attached hydrogen (secondary N) is 1. The summed E-state index contributed by atoms with van der Waals surface area (Å²) in [6.07, 6.45) is 7.31. The Bertz CT molecular complexity index is 660. The van der Waals surface area contributed by atoms with Gasteiger partial charge in [-0.05, 0) is 45.8 Å². The van der Waals surface area contributed by atoms with Crippen LogP contribution in [0.15, 0.2) is 65.9 Å². The fourth-order valence-corrected chi connectivity index (χ4v) is 2.12. The lowest BCUT2D eigenvalue weighted by atomic mass is 10.2. The Balaban J connectivity index is 1.65. The van der Waals surface area contributed by atoms with Crippen molar-refractivity contribution >= 4 is 21.6 Å². The van der Waals surface area contributed by atoms with Gasteiger partial charge in [0.05, 0.1) is 18.2 Å². The predicted molar refractivity (Wildman–Crippen MR) is 82.8 cm³/mol. The zero-order valence-electron chi connectivity index (χ0n) is 10.7. The van der Waals surface area contributed by atoms with Gasteiger partial charge in [0.1, 0.15) is 4.60 Å². The Morgan fingerprint density at radius 3 is 2.60 bits per heavy atom. The number of benzene rings is 1. The number of hydrogen-bond donors (Lipinski definition) is 1. The fraction of sp³-hybridized carbons (Fsp3) is 0.0667. The predicted octanol–water partition coefficient (Wildman–Crippen LogP) is 3.64. The molecule has 5 heteroatoms. The summed E-state index contributed by atoms with van der Waals surface area (Å²) in [4.78, 5) is 8.23. The SMILES string of the molecule is Brc1ccc(NCc2ccc(-n3ccnc3)cc2)cn1. The van der Waals surface area contributed by atoms with Crippen LogP contribution in [0.3, 0.4) is 0 Å². The highest BCUT2D eigenvalue weighted by atomic mass is 79.9. The zero-order valence-corrected chi connectivity index (χ0v) is 12.3. The van der Waals surface area contributed by atoms with E-state index < -0.39 is 0 Å². The largest absolute Gasteiger partial charge is 0.380 e. The average Bonchev–Trinajstić information content (AvgIpc) is 3.01. The van der Waals surface area contributed by atoms with Gasteiger partial charge >= 0.3 is 0 Å². The summed E-state index contributed by atoms with van der Waals surface area (Å²) in [7, 11) is 0. The van der Waals surface area contributed by atoms with Crippen molar-refractivity contribution in [2.45, 2.75) is 6.54 Å². The van der Waals surface area contributed by atoms with Gasteiger partial charge in [0.25, 0.3) is 0 Å². The normalized spacial score (nSPS) is 10.4. The molecule has 0 saturated heterocycles. The number of halogens is 1. The fourth-order valence-electron chi connectivity index (χ4n) is 1.88. The van der Waals surface area contributed by atoms with E-state index in [2.05, 4.69) is 55.5 Å². The Morgan fingerprint density at radius 2 is 1.95 bits per heavy atom. The van der Waals surface area contributed by atoms with Crippen LogP contribution in [0, 0.1) is 0 Å². The third-order valence-corrected chi connectivity index (χ3v) is 3.43. The Labute approximate surface area is 125 Å². The number of anilines is 1. The number of nitrogens with zero attached hydrogens (tertiary/aromatic N) is 3. The second-order valence-electron chi connectivity index (χ2n) is 4.36. The standard InChI is InChI=1S/C15H13BrN4/c16-15-6-3-13(10-19-15)18-9-12-1-4-14(5-2-12)20-8-7-17-11-20/h1-8,10-11,18H,9H2. The highest BCUT2D eigenvalue weighted by molar-refractivity contribution is 9.10. The molecule has 0 saturated carbocycles. The molecule has 0 radical (unpaired) electrons. The maximum atomic E-state index is 4.18. The monoisotopic (exact) mass is 328 g/mol. The van der Waals surface area contributed by atoms with E-state index in [0.29, 0.717) is 0 Å². The molecule has 0 unspecified atom stereocenters. The summed E-state index contributed by atoms with van der Waals surface area (Å²) < 4.78 is 2.82. The third-order valence-electron chi connectivity index (χ3n) is 2.96. The molecule has 0 aliphatic rings. The molecule has 3 aromatic rings. The molecule has 20 heavy (non-hydrogen) atoms. The number of imidazole rings is 1. The maximum absolute atomic E-state index is 4.18. The van der Waals surface area contributed by atoms with E-state index in [4.69, 9.17) is 0 Å². The molecule has 0 amide bonds. The molecule has 0 aliphatic carbocycles. The van der Waals surface area contributed by atoms with Crippen molar-refractivity contribution < 1.29 is 0 Å². The number of rotatable bonds is 4. The molecule has 2 heterocycles. The van der Waals surface area contributed by atoms with Gasteiger partial charge in [0.2, 0.25) is 0 Å². The summed E-state index contributed by atoms with van der Waals surface area (Å²) in [5.41, 5.74) is 3.33. The van der Waals surface area contributed by atoms with Crippen molar-refractivity contribution in [1.29, 1.82) is 0 Å². The summed E-state index contributed by atoms with van der Waals surface area (Å²) in [5, 5.41) is 3.34. The van der Waals surface area contributed by atoms with E-state index >= 15 is 0 Å². The lowest BCUT2D eigenvalue weighted by molar-refractivity contribution is 1.05. The quantitative estimate of drug-likeness (QED) is 0.743. The van der Waals surface area contributed by atoms with Gasteiger partial charge < -0.3 is 9.88 Å². The van der Waals surface area contributed by atoms with Crippen molar-refractivity contribution in [2.75, 3.05) is 5.32 Å². The van der Waals surface area contributed by atoms with Crippen molar-refractivity contribution in [1.82, 2.24) is 14.5 Å². The first-order valence-corrected chi connectivity index (χ1v) is 7.03. The van der Waals surface area contributed by atoms with Gasteiger partial charge in [-0.3, -0.25) is 0 Å². The van der Waals surface area contributed by atoms with E-state index in [0.717, 1.165) is 22.5 Å². The average molecular weight is 329 g/mol. The van der Waals surface area contributed by atoms with Crippen LogP contribution < -0.4 is 5.32 Å². The second kappa shape index (κ2) is 5.88. The van der Waals surface area contributed by atoms with Crippen molar-refractivity contribution in [3.8, 4) is 5.69 Å². The van der Waals surface area contributed by atoms with Gasteiger partial charge in [-0.25, -0.2) is 9.97 Å². The molecule has 0 atom stereocenters. The lowest BCUT2D eigenvalue weighted by Gasteiger charge is -2.07. The van der Waals surface area contributed by atoms with Crippen LogP contribution in [-0.2, 0) is 6.54 Å². The minimum atomic E-state index is 0.771. The van der Waals surface area contributed by atoms with Crippen molar-refractivity contribution in [3.05, 3.63) is 71.5 Å². The molecule has 0 bridgehead atoms. The van der Waals surface area contributed by atoms with Crippen LogP contribution in [0.25, 0.3) is 5.69 Å². The van der Waals surface area contributed by atoms with Gasteiger partial charge in [0, 0.05) is 24.6 Å². The van der Waals surface area contributed by atoms with Gasteiger partial charge in [-0.2, -0.15) is 0 Å². The molecule has 100 valence electrons. The molecule has 1 aromatic carbocycles. The van der Waals surface area contributed by atoms with Crippen LogP contribution in [0.4, 0.5) is 5.69 Å². The second-order valence-corrected chi connectivity index (χ2v) is 5.17. The Kier molecular flexibility index (Phi) is 3.78. The molecular weight excluding hydrogens is 316 g/mol. The molecule has 2 aromatic heterocycles. The number of pyridine rings is 1. The van der Waals surface area contributed by atoms with Crippen LogP contribution in [0.2, 0.25) is 0 Å². The number of hydrogen-bond acceptors (Lipinski definition) is 3. The van der Waals surface area contributed by atoms with Crippen LogP contribution in [-0.4, -0.2) is 14.5 Å². The van der Waals surface area contributed by atoms with E-state index in [1.54, 1.807) is 12.5 Å². The maximum Gasteiger partial charge on any atom is 0.106 e. The minimum absolute atomic E-state index is 0.771.